The van der Waals surface area contributed by atoms with Crippen molar-refractivity contribution in [3.63, 3.8) is 0 Å². The predicted molar refractivity (Wildman–Crippen MR) is 98.5 cm³/mol. The Morgan fingerprint density at radius 3 is 2.52 bits per heavy atom. The molecule has 0 aliphatic carbocycles. The highest BCUT2D eigenvalue weighted by molar-refractivity contribution is 6.32. The highest BCUT2D eigenvalue weighted by Crippen LogP contribution is 2.24. The van der Waals surface area contributed by atoms with Crippen LogP contribution in [-0.2, 0) is 22.7 Å². The van der Waals surface area contributed by atoms with E-state index in [1.165, 1.54) is 0 Å². The van der Waals surface area contributed by atoms with Gasteiger partial charge in [-0.3, -0.25) is 4.79 Å². The SMILES string of the molecule is COC(CN)CC(=O)NCc1ccccc1COc1ccccc1Cl. The minimum Gasteiger partial charge on any atom is -0.487 e. The van der Waals surface area contributed by atoms with Crippen molar-refractivity contribution in [3.05, 3.63) is 64.7 Å². The van der Waals surface area contributed by atoms with Gasteiger partial charge in [0, 0.05) is 20.2 Å². The first kappa shape index (κ1) is 19.2. The molecule has 2 aromatic carbocycles. The molecule has 0 saturated carbocycles. The number of para-hydroxylation sites is 1. The van der Waals surface area contributed by atoms with Crippen molar-refractivity contribution in [3.8, 4) is 5.75 Å². The van der Waals surface area contributed by atoms with Gasteiger partial charge in [0.1, 0.15) is 12.4 Å². The average Bonchev–Trinajstić information content (AvgIpc) is 2.64. The summed E-state index contributed by atoms with van der Waals surface area (Å²) in [6.45, 7) is 1.10. The molecule has 134 valence electrons. The van der Waals surface area contributed by atoms with E-state index >= 15 is 0 Å². The van der Waals surface area contributed by atoms with E-state index in [1.807, 2.05) is 42.5 Å². The number of ether oxygens (including phenoxy) is 2. The Bertz CT molecular complexity index is 690. The highest BCUT2D eigenvalue weighted by atomic mass is 35.5. The van der Waals surface area contributed by atoms with E-state index in [1.54, 1.807) is 13.2 Å². The number of methoxy groups -OCH3 is 1. The van der Waals surface area contributed by atoms with Crippen molar-refractivity contribution in [1.29, 1.82) is 0 Å². The number of benzene rings is 2. The molecule has 0 saturated heterocycles. The van der Waals surface area contributed by atoms with Crippen LogP contribution in [0.4, 0.5) is 0 Å². The normalized spacial score (nSPS) is 11.8. The summed E-state index contributed by atoms with van der Waals surface area (Å²) in [6.07, 6.45) is -0.0236. The van der Waals surface area contributed by atoms with Crippen molar-refractivity contribution in [2.24, 2.45) is 5.73 Å². The Labute approximate surface area is 153 Å². The summed E-state index contributed by atoms with van der Waals surface area (Å²) in [5.41, 5.74) is 7.52. The summed E-state index contributed by atoms with van der Waals surface area (Å²) in [5, 5.41) is 3.46. The number of nitrogens with one attached hydrogen (secondary N) is 1. The molecule has 0 fully saturated rings. The molecule has 5 nitrogen and oxygen atoms in total. The summed E-state index contributed by atoms with van der Waals surface area (Å²) in [5.74, 6) is 0.535. The standard InChI is InChI=1S/C19H23ClN2O3/c1-24-16(11-21)10-19(23)22-12-14-6-2-3-7-15(14)13-25-18-9-5-4-8-17(18)20/h2-9,16H,10-13,21H2,1H3,(H,22,23). The molecule has 0 aliphatic heterocycles. The second-order valence-electron chi connectivity index (χ2n) is 5.56. The topological polar surface area (TPSA) is 73.6 Å². The van der Waals surface area contributed by atoms with Crippen LogP contribution in [-0.4, -0.2) is 25.7 Å². The van der Waals surface area contributed by atoms with Gasteiger partial charge >= 0.3 is 0 Å². The maximum Gasteiger partial charge on any atom is 0.222 e. The van der Waals surface area contributed by atoms with Crippen LogP contribution in [0.1, 0.15) is 17.5 Å². The molecule has 1 atom stereocenters. The molecular formula is C19H23ClN2O3. The third kappa shape index (κ3) is 6.05. The molecule has 6 heteroatoms. The van der Waals surface area contributed by atoms with Gasteiger partial charge in [-0.1, -0.05) is 48.0 Å². The van der Waals surface area contributed by atoms with Crippen LogP contribution in [0.5, 0.6) is 5.75 Å². The monoisotopic (exact) mass is 362 g/mol. The first-order chi connectivity index (χ1) is 12.1. The second kappa shape index (κ2) is 10.0. The first-order valence-electron chi connectivity index (χ1n) is 8.07. The summed E-state index contributed by atoms with van der Waals surface area (Å²) < 4.78 is 10.9. The molecule has 0 aromatic heterocycles. The number of halogens is 1. The number of amides is 1. The van der Waals surface area contributed by atoms with Gasteiger partial charge in [0.25, 0.3) is 0 Å². The lowest BCUT2D eigenvalue weighted by Gasteiger charge is -2.15. The average molecular weight is 363 g/mol. The van der Waals surface area contributed by atoms with E-state index in [9.17, 15) is 4.79 Å². The predicted octanol–water partition coefficient (Wildman–Crippen LogP) is 2.90. The fourth-order valence-electron chi connectivity index (χ4n) is 2.32. The number of rotatable bonds is 9. The zero-order valence-corrected chi connectivity index (χ0v) is 15.0. The lowest BCUT2D eigenvalue weighted by atomic mass is 10.1. The van der Waals surface area contributed by atoms with Gasteiger partial charge in [0.05, 0.1) is 17.5 Å². The first-order valence-corrected chi connectivity index (χ1v) is 8.45. The second-order valence-corrected chi connectivity index (χ2v) is 5.97. The van der Waals surface area contributed by atoms with Gasteiger partial charge in [-0.15, -0.1) is 0 Å². The van der Waals surface area contributed by atoms with Gasteiger partial charge in [0.2, 0.25) is 5.91 Å². The lowest BCUT2D eigenvalue weighted by Crippen LogP contribution is -2.32. The highest BCUT2D eigenvalue weighted by Gasteiger charge is 2.12. The maximum atomic E-state index is 12.0. The summed E-state index contributed by atoms with van der Waals surface area (Å²) >= 11 is 6.10. The zero-order chi connectivity index (χ0) is 18.1. The van der Waals surface area contributed by atoms with E-state index in [4.69, 9.17) is 26.8 Å². The number of hydrogen-bond acceptors (Lipinski definition) is 4. The Balaban J connectivity index is 1.94. The molecule has 2 rings (SSSR count). The fourth-order valence-corrected chi connectivity index (χ4v) is 2.51. The molecule has 0 radical (unpaired) electrons. The van der Waals surface area contributed by atoms with Crippen LogP contribution in [0.2, 0.25) is 5.02 Å². The van der Waals surface area contributed by atoms with E-state index in [2.05, 4.69) is 5.32 Å². The number of carbonyl (C=O) groups excluding carboxylic acids is 1. The van der Waals surface area contributed by atoms with Crippen molar-refractivity contribution in [1.82, 2.24) is 5.32 Å². The van der Waals surface area contributed by atoms with E-state index in [0.29, 0.717) is 30.5 Å². The van der Waals surface area contributed by atoms with Crippen molar-refractivity contribution < 1.29 is 14.3 Å². The van der Waals surface area contributed by atoms with E-state index < -0.39 is 0 Å². The van der Waals surface area contributed by atoms with Crippen LogP contribution in [0.15, 0.2) is 48.5 Å². The minimum atomic E-state index is -0.265. The smallest absolute Gasteiger partial charge is 0.222 e. The molecule has 0 heterocycles. The van der Waals surface area contributed by atoms with Crippen LogP contribution >= 0.6 is 11.6 Å². The fraction of sp³-hybridized carbons (Fsp3) is 0.316. The molecule has 0 spiro atoms. The van der Waals surface area contributed by atoms with Gasteiger partial charge in [-0.25, -0.2) is 0 Å². The summed E-state index contributed by atoms with van der Waals surface area (Å²) in [7, 11) is 1.55. The van der Waals surface area contributed by atoms with Gasteiger partial charge < -0.3 is 20.5 Å². The Hall–Kier alpha value is -2.08. The molecule has 1 unspecified atom stereocenters. The Morgan fingerprint density at radius 1 is 1.16 bits per heavy atom. The van der Waals surface area contributed by atoms with Crippen LogP contribution in [0.25, 0.3) is 0 Å². The van der Waals surface area contributed by atoms with Gasteiger partial charge in [0.15, 0.2) is 0 Å². The maximum absolute atomic E-state index is 12.0. The minimum absolute atomic E-state index is 0.0980. The van der Waals surface area contributed by atoms with Crippen molar-refractivity contribution in [2.45, 2.75) is 25.7 Å². The number of hydrogen-bond donors (Lipinski definition) is 2. The van der Waals surface area contributed by atoms with Crippen LogP contribution < -0.4 is 15.8 Å². The van der Waals surface area contributed by atoms with Crippen molar-refractivity contribution >= 4 is 17.5 Å². The zero-order valence-electron chi connectivity index (χ0n) is 14.2. The Morgan fingerprint density at radius 2 is 1.84 bits per heavy atom. The molecule has 0 aliphatic rings. The van der Waals surface area contributed by atoms with E-state index in [0.717, 1.165) is 11.1 Å². The van der Waals surface area contributed by atoms with E-state index in [-0.39, 0.29) is 18.4 Å². The number of carbonyl (C=O) groups is 1. The van der Waals surface area contributed by atoms with Crippen molar-refractivity contribution in [2.75, 3.05) is 13.7 Å². The quantitative estimate of drug-likeness (QED) is 0.719. The molecular weight excluding hydrogens is 340 g/mol. The summed E-state index contributed by atoms with van der Waals surface area (Å²) in [4.78, 5) is 12.0. The van der Waals surface area contributed by atoms with Gasteiger partial charge in [-0.2, -0.15) is 0 Å². The lowest BCUT2D eigenvalue weighted by molar-refractivity contribution is -0.123. The molecule has 25 heavy (non-hydrogen) atoms. The third-order valence-corrected chi connectivity index (χ3v) is 4.14. The summed E-state index contributed by atoms with van der Waals surface area (Å²) in [6, 6.07) is 15.1. The number of nitrogens with two attached hydrogens (primary N) is 1. The third-order valence-electron chi connectivity index (χ3n) is 3.82. The molecule has 3 N–H and O–H groups in total. The Kier molecular flexibility index (Phi) is 7.73. The molecule has 1 amide bonds. The van der Waals surface area contributed by atoms with Crippen LogP contribution in [0, 0.1) is 0 Å². The van der Waals surface area contributed by atoms with Gasteiger partial charge in [-0.05, 0) is 23.3 Å². The van der Waals surface area contributed by atoms with Crippen LogP contribution in [0.3, 0.4) is 0 Å². The molecule has 0 bridgehead atoms. The molecule has 2 aromatic rings. The largest absolute Gasteiger partial charge is 0.487 e.